The summed E-state index contributed by atoms with van der Waals surface area (Å²) >= 11 is 3.51. The molecule has 2 rings (SSSR count). The number of thiophene rings is 1. The third-order valence-corrected chi connectivity index (χ3v) is 5.33. The normalized spacial score (nSPS) is 24.6. The Kier molecular flexibility index (Phi) is 5.52. The van der Waals surface area contributed by atoms with Crippen molar-refractivity contribution >= 4 is 29.0 Å². The van der Waals surface area contributed by atoms with Gasteiger partial charge >= 0.3 is 0 Å². The summed E-state index contributed by atoms with van der Waals surface area (Å²) in [5.74, 6) is 1.76. The van der Waals surface area contributed by atoms with Crippen LogP contribution < -0.4 is 5.32 Å². The van der Waals surface area contributed by atoms with Crippen LogP contribution in [0.3, 0.4) is 0 Å². The lowest BCUT2D eigenvalue weighted by Crippen LogP contribution is -2.39. The number of nitrogens with zero attached hydrogens (tertiary/aromatic N) is 1. The fraction of sp³-hybridized carbons (Fsp3) is 0.667. The summed E-state index contributed by atoms with van der Waals surface area (Å²) in [6.07, 6.45) is 3.05. The Labute approximate surface area is 130 Å². The molecule has 1 amide bonds. The maximum absolute atomic E-state index is 12.7. The number of amides is 1. The Morgan fingerprint density at radius 1 is 1.45 bits per heavy atom. The number of hydrogen-bond donors (Lipinski definition) is 1. The van der Waals surface area contributed by atoms with E-state index in [0.29, 0.717) is 5.92 Å². The molecule has 5 heteroatoms. The molecular weight excluding hydrogens is 288 g/mol. The molecule has 0 aromatic carbocycles. The quantitative estimate of drug-likeness (QED) is 0.874. The van der Waals surface area contributed by atoms with E-state index >= 15 is 0 Å². The summed E-state index contributed by atoms with van der Waals surface area (Å²) in [5.41, 5.74) is 0. The predicted molar refractivity (Wildman–Crippen MR) is 88.1 cm³/mol. The lowest BCUT2D eigenvalue weighted by atomic mass is 10.0. The Balaban J connectivity index is 2.21. The van der Waals surface area contributed by atoms with Crippen LogP contribution in [0.25, 0.3) is 0 Å². The number of thioether (sulfide) groups is 1. The number of rotatable bonds is 6. The lowest BCUT2D eigenvalue weighted by molar-refractivity contribution is -0.131. The van der Waals surface area contributed by atoms with Gasteiger partial charge in [0.05, 0.1) is 6.04 Å². The van der Waals surface area contributed by atoms with Crippen molar-refractivity contribution in [2.45, 2.75) is 45.4 Å². The molecule has 0 bridgehead atoms. The van der Waals surface area contributed by atoms with Crippen LogP contribution in [0.4, 0.5) is 0 Å². The van der Waals surface area contributed by atoms with Crippen LogP contribution in [0.15, 0.2) is 17.5 Å². The van der Waals surface area contributed by atoms with Gasteiger partial charge in [-0.1, -0.05) is 19.9 Å². The predicted octanol–water partition coefficient (Wildman–Crippen LogP) is 3.34. The first-order valence-electron chi connectivity index (χ1n) is 7.15. The zero-order chi connectivity index (χ0) is 14.7. The van der Waals surface area contributed by atoms with Crippen molar-refractivity contribution in [3.05, 3.63) is 22.4 Å². The highest BCUT2D eigenvalue weighted by molar-refractivity contribution is 7.98. The molecule has 0 radical (unpaired) electrons. The summed E-state index contributed by atoms with van der Waals surface area (Å²) in [6, 6.07) is 4.39. The van der Waals surface area contributed by atoms with Crippen molar-refractivity contribution in [2.75, 3.05) is 12.0 Å². The Morgan fingerprint density at radius 3 is 2.75 bits per heavy atom. The molecule has 20 heavy (non-hydrogen) atoms. The Morgan fingerprint density at radius 2 is 2.20 bits per heavy atom. The van der Waals surface area contributed by atoms with E-state index in [-0.39, 0.29) is 24.2 Å². The summed E-state index contributed by atoms with van der Waals surface area (Å²) in [5, 5.41) is 5.62. The maximum Gasteiger partial charge on any atom is 0.241 e. The molecule has 1 aliphatic rings. The molecular formula is C15H24N2OS2. The Bertz CT molecular complexity index is 433. The van der Waals surface area contributed by atoms with E-state index in [4.69, 9.17) is 0 Å². The smallest absolute Gasteiger partial charge is 0.241 e. The van der Waals surface area contributed by atoms with Crippen molar-refractivity contribution in [2.24, 2.45) is 5.92 Å². The van der Waals surface area contributed by atoms with E-state index in [1.807, 2.05) is 0 Å². The highest BCUT2D eigenvalue weighted by Gasteiger charge is 2.42. The van der Waals surface area contributed by atoms with E-state index in [9.17, 15) is 4.79 Å². The van der Waals surface area contributed by atoms with Gasteiger partial charge in [0.2, 0.25) is 5.91 Å². The molecule has 0 saturated carbocycles. The van der Waals surface area contributed by atoms with Crippen LogP contribution in [0.5, 0.6) is 0 Å². The van der Waals surface area contributed by atoms with E-state index in [0.717, 1.165) is 12.2 Å². The third kappa shape index (κ3) is 3.38. The highest BCUT2D eigenvalue weighted by atomic mass is 32.2. The van der Waals surface area contributed by atoms with E-state index < -0.39 is 0 Å². The average molecular weight is 313 g/mol. The maximum atomic E-state index is 12.7. The van der Waals surface area contributed by atoms with Crippen molar-refractivity contribution in [3.8, 4) is 0 Å². The van der Waals surface area contributed by atoms with Crippen molar-refractivity contribution < 1.29 is 4.79 Å². The fourth-order valence-corrected chi connectivity index (χ4v) is 4.17. The van der Waals surface area contributed by atoms with Crippen molar-refractivity contribution in [1.29, 1.82) is 0 Å². The molecule has 1 fully saturated rings. The molecule has 1 N–H and O–H groups in total. The van der Waals surface area contributed by atoms with Crippen LogP contribution in [0.2, 0.25) is 0 Å². The first-order chi connectivity index (χ1) is 9.54. The number of carbonyl (C=O) groups is 1. The van der Waals surface area contributed by atoms with Crippen LogP contribution in [-0.2, 0) is 4.79 Å². The van der Waals surface area contributed by atoms with Crippen LogP contribution in [0.1, 0.15) is 38.2 Å². The van der Waals surface area contributed by atoms with Gasteiger partial charge < -0.3 is 4.90 Å². The van der Waals surface area contributed by atoms with Gasteiger partial charge in [-0.05, 0) is 37.0 Å². The summed E-state index contributed by atoms with van der Waals surface area (Å²) in [4.78, 5) is 16.0. The molecule has 1 aromatic rings. The lowest BCUT2D eigenvalue weighted by Gasteiger charge is -2.29. The first-order valence-corrected chi connectivity index (χ1v) is 9.42. The number of carbonyl (C=O) groups excluding carboxylic acids is 1. The second kappa shape index (κ2) is 6.96. The zero-order valence-electron chi connectivity index (χ0n) is 12.6. The van der Waals surface area contributed by atoms with Crippen LogP contribution in [-0.4, -0.2) is 34.9 Å². The van der Waals surface area contributed by atoms with Gasteiger partial charge in [0.15, 0.2) is 0 Å². The largest absolute Gasteiger partial charge is 0.317 e. The van der Waals surface area contributed by atoms with Gasteiger partial charge in [-0.15, -0.1) is 11.3 Å². The number of nitrogens with one attached hydrogen (secondary N) is 1. The molecule has 2 heterocycles. The zero-order valence-corrected chi connectivity index (χ0v) is 14.3. The molecule has 3 unspecified atom stereocenters. The molecule has 1 saturated heterocycles. The van der Waals surface area contributed by atoms with Gasteiger partial charge in [0.25, 0.3) is 0 Å². The van der Waals surface area contributed by atoms with Crippen molar-refractivity contribution in [3.63, 3.8) is 0 Å². The number of hydrogen-bond acceptors (Lipinski definition) is 4. The van der Waals surface area contributed by atoms with Crippen LogP contribution >= 0.6 is 23.1 Å². The van der Waals surface area contributed by atoms with Gasteiger partial charge in [0, 0.05) is 16.7 Å². The second-order valence-electron chi connectivity index (χ2n) is 5.82. The standard InChI is InChI=1S/C15H24N2OS2/c1-10(2)8-12-15(18)17(11(3)9-19-4)14(16-12)13-6-5-7-20-13/h5-7,10-12,14,16H,8-9H2,1-4H3. The van der Waals surface area contributed by atoms with E-state index in [1.165, 1.54) is 4.88 Å². The Hall–Kier alpha value is -0.520. The average Bonchev–Trinajstić information content (AvgIpc) is 2.98. The summed E-state index contributed by atoms with van der Waals surface area (Å²) < 4.78 is 0. The van der Waals surface area contributed by atoms with Crippen LogP contribution in [0, 0.1) is 5.92 Å². The SMILES string of the molecule is CSCC(C)N1C(=O)C(CC(C)C)NC1c1cccs1. The first kappa shape index (κ1) is 15.9. The van der Waals surface area contributed by atoms with Gasteiger partial charge in [-0.3, -0.25) is 10.1 Å². The second-order valence-corrected chi connectivity index (χ2v) is 7.71. The topological polar surface area (TPSA) is 32.3 Å². The fourth-order valence-electron chi connectivity index (χ4n) is 2.75. The molecule has 3 nitrogen and oxygen atoms in total. The highest BCUT2D eigenvalue weighted by Crippen LogP contribution is 2.32. The monoisotopic (exact) mass is 312 g/mol. The summed E-state index contributed by atoms with van der Waals surface area (Å²) in [6.45, 7) is 6.49. The third-order valence-electron chi connectivity index (χ3n) is 3.59. The minimum absolute atomic E-state index is 0.0357. The minimum Gasteiger partial charge on any atom is -0.317 e. The van der Waals surface area contributed by atoms with Crippen molar-refractivity contribution in [1.82, 2.24) is 10.2 Å². The van der Waals surface area contributed by atoms with Gasteiger partial charge in [0.1, 0.15) is 6.17 Å². The van der Waals surface area contributed by atoms with Gasteiger partial charge in [-0.2, -0.15) is 11.8 Å². The molecule has 0 aliphatic carbocycles. The summed E-state index contributed by atoms with van der Waals surface area (Å²) in [7, 11) is 0. The van der Waals surface area contributed by atoms with E-state index in [2.05, 4.69) is 54.8 Å². The minimum atomic E-state index is -0.0357. The molecule has 0 spiro atoms. The van der Waals surface area contributed by atoms with E-state index in [1.54, 1.807) is 23.1 Å². The van der Waals surface area contributed by atoms with Gasteiger partial charge in [-0.25, -0.2) is 0 Å². The molecule has 112 valence electrons. The molecule has 1 aromatic heterocycles. The molecule has 1 aliphatic heterocycles. The molecule has 3 atom stereocenters.